The molecule has 3 heterocycles. The lowest BCUT2D eigenvalue weighted by atomic mass is 9.85. The first-order valence-electron chi connectivity index (χ1n) is 19.4. The highest BCUT2D eigenvalue weighted by atomic mass is 32.2. The largest absolute Gasteiger partial charge is 0.493 e. The molecule has 0 spiro atoms. The molecule has 6 rings (SSSR count). The maximum Gasteiger partial charge on any atom is 0.410 e. The predicted octanol–water partition coefficient (Wildman–Crippen LogP) is 3.88. The normalized spacial score (nSPS) is 28.6. The lowest BCUT2D eigenvalue weighted by Crippen LogP contribution is -2.60. The zero-order valence-electron chi connectivity index (χ0n) is 31.8. The molecule has 16 heteroatoms. The molecule has 0 aromatic heterocycles. The number of amides is 5. The van der Waals surface area contributed by atoms with Crippen molar-refractivity contribution in [3.63, 3.8) is 0 Å². The molecule has 1 aromatic rings. The predicted molar refractivity (Wildman–Crippen MR) is 196 cm³/mol. The number of carbonyl (C=O) groups excluding carboxylic acids is 5. The van der Waals surface area contributed by atoms with Gasteiger partial charge >= 0.3 is 12.2 Å². The molecule has 1 saturated heterocycles. The Hall–Kier alpha value is -4.08. The van der Waals surface area contributed by atoms with Crippen molar-refractivity contribution in [1.29, 1.82) is 0 Å². The van der Waals surface area contributed by atoms with Crippen LogP contribution in [-0.2, 0) is 47.0 Å². The molecular weight excluding hydrogens is 719 g/mol. The number of benzene rings is 1. The van der Waals surface area contributed by atoms with E-state index in [4.69, 9.17) is 14.2 Å². The Balaban J connectivity index is 1.24. The topological polar surface area (TPSA) is 190 Å². The minimum Gasteiger partial charge on any atom is -0.493 e. The third-order valence-corrected chi connectivity index (χ3v) is 13.1. The number of rotatable bonds is 6. The van der Waals surface area contributed by atoms with Gasteiger partial charge in [0, 0.05) is 18.5 Å². The molecule has 4 bridgehead atoms. The Bertz CT molecular complexity index is 1730. The van der Waals surface area contributed by atoms with Crippen LogP contribution in [-0.4, -0.2) is 96.9 Å². The van der Waals surface area contributed by atoms with Crippen LogP contribution in [0.5, 0.6) is 5.75 Å². The van der Waals surface area contributed by atoms with Crippen molar-refractivity contribution in [2.45, 2.75) is 140 Å². The number of cyclic esters (lactones) is 1. The number of ether oxygens (including phenoxy) is 3. The van der Waals surface area contributed by atoms with Gasteiger partial charge in [0.05, 0.1) is 31.6 Å². The Morgan fingerprint density at radius 1 is 0.981 bits per heavy atom. The average molecular weight is 774 g/mol. The molecule has 0 radical (unpaired) electrons. The molecule has 2 saturated carbocycles. The minimum absolute atomic E-state index is 0.0748. The van der Waals surface area contributed by atoms with Crippen LogP contribution in [0.3, 0.4) is 0 Å². The number of sulfonamides is 1. The summed E-state index contributed by atoms with van der Waals surface area (Å²) >= 11 is 0. The molecular formula is C38H55N5O10S. The van der Waals surface area contributed by atoms with Gasteiger partial charge in [0.2, 0.25) is 21.8 Å². The van der Waals surface area contributed by atoms with Crippen molar-refractivity contribution in [2.75, 3.05) is 19.8 Å². The molecule has 5 amide bonds. The molecule has 298 valence electrons. The number of fused-ring (bicyclic) bond motifs is 3. The molecule has 2 aliphatic carbocycles. The summed E-state index contributed by atoms with van der Waals surface area (Å²) in [6.07, 6.45) is 4.75. The minimum atomic E-state index is -3.88. The van der Waals surface area contributed by atoms with E-state index in [0.29, 0.717) is 38.8 Å². The Morgan fingerprint density at radius 3 is 2.31 bits per heavy atom. The van der Waals surface area contributed by atoms with Crippen molar-refractivity contribution >= 4 is 39.9 Å². The molecule has 5 aliphatic rings. The summed E-state index contributed by atoms with van der Waals surface area (Å²) in [5, 5.41) is 4.91. The second-order valence-electron chi connectivity index (χ2n) is 16.5. The third-order valence-electron chi connectivity index (χ3n) is 11.3. The fraction of sp³-hybridized carbons (Fsp3) is 0.711. The van der Waals surface area contributed by atoms with Gasteiger partial charge in [-0.2, -0.15) is 0 Å². The Labute approximate surface area is 317 Å². The maximum absolute atomic E-state index is 14.5. The molecule has 3 aliphatic heterocycles. The zero-order valence-corrected chi connectivity index (χ0v) is 32.6. The number of nitrogens with zero attached hydrogens (tertiary/aromatic N) is 2. The zero-order chi connectivity index (χ0) is 38.8. The van der Waals surface area contributed by atoms with E-state index in [-0.39, 0.29) is 38.5 Å². The van der Waals surface area contributed by atoms with E-state index in [1.807, 2.05) is 25.1 Å². The summed E-state index contributed by atoms with van der Waals surface area (Å²) in [5.41, 5.74) is -0.419. The van der Waals surface area contributed by atoms with Gasteiger partial charge in [-0.3, -0.25) is 24.0 Å². The van der Waals surface area contributed by atoms with Crippen molar-refractivity contribution in [1.82, 2.24) is 25.2 Å². The van der Waals surface area contributed by atoms with Crippen molar-refractivity contribution in [3.8, 4) is 5.75 Å². The Kier molecular flexibility index (Phi) is 11.7. The number of alkyl carbamates (subject to hydrolysis) is 1. The van der Waals surface area contributed by atoms with Crippen LogP contribution in [0.2, 0.25) is 0 Å². The van der Waals surface area contributed by atoms with Gasteiger partial charge < -0.3 is 29.7 Å². The fourth-order valence-electron chi connectivity index (χ4n) is 7.78. The Morgan fingerprint density at radius 2 is 1.67 bits per heavy atom. The van der Waals surface area contributed by atoms with Gasteiger partial charge in [-0.05, 0) is 55.1 Å². The van der Waals surface area contributed by atoms with Crippen LogP contribution in [0.1, 0.15) is 109 Å². The van der Waals surface area contributed by atoms with Gasteiger partial charge in [-0.25, -0.2) is 18.0 Å². The van der Waals surface area contributed by atoms with Gasteiger partial charge in [-0.15, -0.1) is 0 Å². The van der Waals surface area contributed by atoms with Crippen molar-refractivity contribution in [2.24, 2.45) is 11.3 Å². The summed E-state index contributed by atoms with van der Waals surface area (Å²) in [6.45, 7) is 8.37. The van der Waals surface area contributed by atoms with E-state index in [9.17, 15) is 32.4 Å². The van der Waals surface area contributed by atoms with E-state index in [2.05, 4.69) is 15.4 Å². The standard InChI is InChI=1S/C38H55N5O10S/c1-5-25-20-38(25,34(46)41-54(49,50)27-15-16-27)40-32(44)29-19-26-22-43(29)33(45)31(37(2,3)4)39-35(47)52-18-11-9-7-6-8-10-17-51-30-14-12-13-24-21-42(23-28(24)30)36(48)53-26/h12-14,25-27,29,31H,5-11,15-23H2,1-4H3,(H,39,47)(H,40,44)(H,41,46)/t25-,26?,29-,31+,38-/m0/s1. The van der Waals surface area contributed by atoms with Crippen molar-refractivity contribution < 1.29 is 46.6 Å². The number of hydrogen-bond donors (Lipinski definition) is 3. The smallest absolute Gasteiger partial charge is 0.410 e. The second kappa shape index (κ2) is 16.0. The van der Waals surface area contributed by atoms with Gasteiger partial charge in [0.1, 0.15) is 29.5 Å². The first-order valence-corrected chi connectivity index (χ1v) is 21.0. The third kappa shape index (κ3) is 8.89. The van der Waals surface area contributed by atoms with E-state index in [0.717, 1.165) is 49.0 Å². The quantitative estimate of drug-likeness (QED) is 0.383. The average Bonchev–Trinajstić information content (AvgIpc) is 4.00. The first kappa shape index (κ1) is 39.6. The number of carbonyl (C=O) groups is 5. The fourth-order valence-corrected chi connectivity index (χ4v) is 9.14. The van der Waals surface area contributed by atoms with Gasteiger partial charge in [-0.1, -0.05) is 71.9 Å². The summed E-state index contributed by atoms with van der Waals surface area (Å²) < 4.78 is 45.2. The van der Waals surface area contributed by atoms with E-state index < -0.39 is 74.3 Å². The van der Waals surface area contributed by atoms with Gasteiger partial charge in [0.25, 0.3) is 5.91 Å². The highest BCUT2D eigenvalue weighted by Gasteiger charge is 2.62. The van der Waals surface area contributed by atoms with E-state index in [1.54, 1.807) is 25.7 Å². The van der Waals surface area contributed by atoms with Crippen molar-refractivity contribution in [3.05, 3.63) is 29.3 Å². The van der Waals surface area contributed by atoms with Crippen LogP contribution in [0, 0.1) is 11.3 Å². The summed E-state index contributed by atoms with van der Waals surface area (Å²) in [7, 11) is -3.88. The molecule has 54 heavy (non-hydrogen) atoms. The lowest BCUT2D eigenvalue weighted by Gasteiger charge is -2.35. The molecule has 1 aromatic carbocycles. The van der Waals surface area contributed by atoms with Crippen LogP contribution >= 0.6 is 0 Å². The molecule has 5 atom stereocenters. The SMILES string of the molecule is CC[C@H]1C[C@@]1(NC(=O)[C@@H]1CC2CN1C(=O)[C@H](C(C)(C)C)NC(=O)OCCCCCCCCOc1cccc3c1CN(C3)C(=O)O2)C(=O)NS(=O)(=O)C1CC1. The van der Waals surface area contributed by atoms with Gasteiger partial charge in [0.15, 0.2) is 0 Å². The van der Waals surface area contributed by atoms with E-state index in [1.165, 1.54) is 4.90 Å². The summed E-state index contributed by atoms with van der Waals surface area (Å²) in [5.74, 6) is -1.64. The maximum atomic E-state index is 14.5. The first-order chi connectivity index (χ1) is 25.6. The van der Waals surface area contributed by atoms with Crippen LogP contribution < -0.4 is 20.1 Å². The molecule has 3 N–H and O–H groups in total. The highest BCUT2D eigenvalue weighted by Crippen LogP contribution is 2.47. The van der Waals surface area contributed by atoms with Crippen LogP contribution in [0.4, 0.5) is 9.59 Å². The summed E-state index contributed by atoms with van der Waals surface area (Å²) in [4.78, 5) is 71.7. The molecule has 15 nitrogen and oxygen atoms in total. The second-order valence-corrected chi connectivity index (χ2v) is 18.5. The number of nitrogens with one attached hydrogen (secondary N) is 3. The van der Waals surface area contributed by atoms with Crippen LogP contribution in [0.15, 0.2) is 18.2 Å². The van der Waals surface area contributed by atoms with E-state index >= 15 is 0 Å². The number of hydrogen-bond acceptors (Lipinski definition) is 10. The molecule has 1 unspecified atom stereocenters. The van der Waals surface area contributed by atoms with Crippen LogP contribution in [0.25, 0.3) is 0 Å². The lowest BCUT2D eigenvalue weighted by molar-refractivity contribution is -0.143. The highest BCUT2D eigenvalue weighted by molar-refractivity contribution is 7.91. The monoisotopic (exact) mass is 773 g/mol. The molecule has 3 fully saturated rings. The summed E-state index contributed by atoms with van der Waals surface area (Å²) in [6, 6.07) is 3.44.